The van der Waals surface area contributed by atoms with E-state index in [0.717, 1.165) is 31.2 Å². The van der Waals surface area contributed by atoms with E-state index in [2.05, 4.69) is 10.2 Å². The Labute approximate surface area is 126 Å². The summed E-state index contributed by atoms with van der Waals surface area (Å²) in [7, 11) is 1.72. The number of carbonyl (C=O) groups is 1. The summed E-state index contributed by atoms with van der Waals surface area (Å²) in [4.78, 5) is 15.1. The molecule has 2 saturated heterocycles. The normalized spacial score (nSPS) is 36.2. The monoisotopic (exact) mass is 298 g/mol. The maximum atomic E-state index is 13.0. The van der Waals surface area contributed by atoms with Crippen molar-refractivity contribution in [2.75, 3.05) is 38.3 Å². The molecule has 0 aromatic heterocycles. The highest BCUT2D eigenvalue weighted by molar-refractivity contribution is 7.99. The number of nitrogens with one attached hydrogen (secondary N) is 1. The zero-order chi connectivity index (χ0) is 13.9. The number of nitrogens with zero attached hydrogens (tertiary/aromatic N) is 1. The predicted octanol–water partition coefficient (Wildman–Crippen LogP) is 1.35. The average molecular weight is 298 g/mol. The topological polar surface area (TPSA) is 41.6 Å². The Morgan fingerprint density at radius 1 is 1.40 bits per heavy atom. The third-order valence-corrected chi connectivity index (χ3v) is 6.32. The fraction of sp³-hybridized carbons (Fsp3) is 0.933. The number of hydrogen-bond donors (Lipinski definition) is 1. The van der Waals surface area contributed by atoms with Gasteiger partial charge in [0, 0.05) is 25.4 Å². The molecule has 0 radical (unpaired) electrons. The SMILES string of the molecule is COCCN(C(=O)C1NCC2CCCC21)C1CCSC1. The summed E-state index contributed by atoms with van der Waals surface area (Å²) in [5.41, 5.74) is 0. The first-order chi connectivity index (χ1) is 9.81. The predicted molar refractivity (Wildman–Crippen MR) is 81.9 cm³/mol. The number of fused-ring (bicyclic) bond motifs is 1. The Hall–Kier alpha value is -0.260. The van der Waals surface area contributed by atoms with Gasteiger partial charge >= 0.3 is 0 Å². The molecule has 3 aliphatic rings. The van der Waals surface area contributed by atoms with Crippen molar-refractivity contribution in [2.24, 2.45) is 11.8 Å². The highest BCUT2D eigenvalue weighted by Crippen LogP contribution is 2.38. The third-order valence-electron chi connectivity index (χ3n) is 5.18. The van der Waals surface area contributed by atoms with Gasteiger partial charge in [-0.15, -0.1) is 0 Å². The number of rotatable bonds is 5. The van der Waals surface area contributed by atoms with Gasteiger partial charge in [-0.25, -0.2) is 0 Å². The highest BCUT2D eigenvalue weighted by Gasteiger charge is 2.44. The van der Waals surface area contributed by atoms with Gasteiger partial charge < -0.3 is 15.0 Å². The van der Waals surface area contributed by atoms with Crippen LogP contribution in [0.1, 0.15) is 25.7 Å². The second-order valence-corrected chi connectivity index (χ2v) is 7.43. The van der Waals surface area contributed by atoms with Crippen LogP contribution in [0.25, 0.3) is 0 Å². The summed E-state index contributed by atoms with van der Waals surface area (Å²) in [6.07, 6.45) is 4.98. The highest BCUT2D eigenvalue weighted by atomic mass is 32.2. The van der Waals surface area contributed by atoms with Gasteiger partial charge in [-0.1, -0.05) is 6.42 Å². The zero-order valence-electron chi connectivity index (χ0n) is 12.3. The van der Waals surface area contributed by atoms with Crippen LogP contribution in [0.2, 0.25) is 0 Å². The molecule has 5 heteroatoms. The molecule has 0 aromatic rings. The van der Waals surface area contributed by atoms with Gasteiger partial charge in [-0.3, -0.25) is 4.79 Å². The molecule has 20 heavy (non-hydrogen) atoms. The molecule has 1 N–H and O–H groups in total. The van der Waals surface area contributed by atoms with Crippen LogP contribution >= 0.6 is 11.8 Å². The number of thioether (sulfide) groups is 1. The molecule has 0 spiro atoms. The second-order valence-electron chi connectivity index (χ2n) is 6.28. The van der Waals surface area contributed by atoms with Gasteiger partial charge in [0.25, 0.3) is 0 Å². The van der Waals surface area contributed by atoms with Crippen LogP contribution in [-0.4, -0.2) is 61.2 Å². The smallest absolute Gasteiger partial charge is 0.240 e. The first kappa shape index (κ1) is 14.7. The Balaban J connectivity index is 1.67. The van der Waals surface area contributed by atoms with Crippen molar-refractivity contribution in [3.05, 3.63) is 0 Å². The molecule has 1 amide bonds. The molecule has 0 bridgehead atoms. The van der Waals surface area contributed by atoms with Crippen molar-refractivity contribution < 1.29 is 9.53 Å². The summed E-state index contributed by atoms with van der Waals surface area (Å²) >= 11 is 1.97. The van der Waals surface area contributed by atoms with E-state index in [0.29, 0.717) is 24.5 Å². The van der Waals surface area contributed by atoms with Crippen molar-refractivity contribution in [1.82, 2.24) is 10.2 Å². The number of methoxy groups -OCH3 is 1. The average Bonchev–Trinajstić information content (AvgIpc) is 3.16. The molecule has 4 atom stereocenters. The lowest BCUT2D eigenvalue weighted by Crippen LogP contribution is -2.51. The maximum absolute atomic E-state index is 13.0. The van der Waals surface area contributed by atoms with Crippen LogP contribution in [-0.2, 0) is 9.53 Å². The Kier molecular flexibility index (Phi) is 4.89. The molecule has 2 heterocycles. The minimum absolute atomic E-state index is 0.0740. The molecule has 1 aliphatic carbocycles. The van der Waals surface area contributed by atoms with Crippen LogP contribution in [0.5, 0.6) is 0 Å². The molecule has 1 saturated carbocycles. The third kappa shape index (κ3) is 2.85. The van der Waals surface area contributed by atoms with Crippen molar-refractivity contribution in [2.45, 2.75) is 37.8 Å². The second kappa shape index (κ2) is 6.67. The molecule has 4 unspecified atom stereocenters. The van der Waals surface area contributed by atoms with Gasteiger partial charge in [0.15, 0.2) is 0 Å². The van der Waals surface area contributed by atoms with E-state index in [1.54, 1.807) is 7.11 Å². The molecule has 0 aromatic carbocycles. The van der Waals surface area contributed by atoms with Crippen LogP contribution in [0.15, 0.2) is 0 Å². The summed E-state index contributed by atoms with van der Waals surface area (Å²) in [6, 6.07) is 0.495. The van der Waals surface area contributed by atoms with Crippen LogP contribution in [0.3, 0.4) is 0 Å². The largest absolute Gasteiger partial charge is 0.383 e. The fourth-order valence-corrected chi connectivity index (χ4v) is 5.29. The van der Waals surface area contributed by atoms with E-state index in [4.69, 9.17) is 4.74 Å². The van der Waals surface area contributed by atoms with Crippen molar-refractivity contribution in [3.8, 4) is 0 Å². The van der Waals surface area contributed by atoms with Crippen LogP contribution in [0.4, 0.5) is 0 Å². The summed E-state index contributed by atoms with van der Waals surface area (Å²) < 4.78 is 5.21. The summed E-state index contributed by atoms with van der Waals surface area (Å²) in [6.45, 7) is 2.43. The first-order valence-electron chi connectivity index (χ1n) is 7.92. The number of hydrogen-bond acceptors (Lipinski definition) is 4. The lowest BCUT2D eigenvalue weighted by Gasteiger charge is -2.32. The minimum atomic E-state index is 0.0740. The van der Waals surface area contributed by atoms with E-state index in [1.165, 1.54) is 25.0 Å². The van der Waals surface area contributed by atoms with Crippen molar-refractivity contribution in [3.63, 3.8) is 0 Å². The first-order valence-corrected chi connectivity index (χ1v) is 9.07. The van der Waals surface area contributed by atoms with Crippen LogP contribution in [0, 0.1) is 11.8 Å². The number of amides is 1. The van der Waals surface area contributed by atoms with Gasteiger partial charge in [0.2, 0.25) is 5.91 Å². The summed E-state index contributed by atoms with van der Waals surface area (Å²) in [5.74, 6) is 3.94. The van der Waals surface area contributed by atoms with Crippen LogP contribution < -0.4 is 5.32 Å². The summed E-state index contributed by atoms with van der Waals surface area (Å²) in [5, 5.41) is 3.50. The van der Waals surface area contributed by atoms with E-state index in [9.17, 15) is 4.79 Å². The van der Waals surface area contributed by atoms with Gasteiger partial charge in [-0.05, 0) is 43.4 Å². The molecule has 3 rings (SSSR count). The maximum Gasteiger partial charge on any atom is 0.240 e. The number of carbonyl (C=O) groups excluding carboxylic acids is 1. The molecule has 3 fully saturated rings. The molecule has 114 valence electrons. The molecular formula is C15H26N2O2S. The molecule has 4 nitrogen and oxygen atoms in total. The Morgan fingerprint density at radius 2 is 2.30 bits per heavy atom. The molecule has 2 aliphatic heterocycles. The zero-order valence-corrected chi connectivity index (χ0v) is 13.2. The lowest BCUT2D eigenvalue weighted by molar-refractivity contribution is -0.136. The number of ether oxygens (including phenoxy) is 1. The minimum Gasteiger partial charge on any atom is -0.383 e. The van der Waals surface area contributed by atoms with Gasteiger partial charge in [-0.2, -0.15) is 11.8 Å². The quantitative estimate of drug-likeness (QED) is 0.832. The van der Waals surface area contributed by atoms with Gasteiger partial charge in [0.1, 0.15) is 0 Å². The van der Waals surface area contributed by atoms with E-state index in [1.807, 2.05) is 11.8 Å². The van der Waals surface area contributed by atoms with E-state index >= 15 is 0 Å². The van der Waals surface area contributed by atoms with E-state index in [-0.39, 0.29) is 6.04 Å². The van der Waals surface area contributed by atoms with E-state index < -0.39 is 0 Å². The fourth-order valence-electron chi connectivity index (χ4n) is 4.07. The van der Waals surface area contributed by atoms with Crippen molar-refractivity contribution >= 4 is 17.7 Å². The molecular weight excluding hydrogens is 272 g/mol. The lowest BCUT2D eigenvalue weighted by atomic mass is 9.93. The van der Waals surface area contributed by atoms with Gasteiger partial charge in [0.05, 0.1) is 12.6 Å². The Bertz CT molecular complexity index is 347. The standard InChI is InChI=1S/C15H26N2O2S/c1-19-7-6-17(12-5-8-20-10-12)15(18)14-13-4-2-3-11(13)9-16-14/h11-14,16H,2-10H2,1H3. The Morgan fingerprint density at radius 3 is 3.05 bits per heavy atom. The van der Waals surface area contributed by atoms with Crippen molar-refractivity contribution in [1.29, 1.82) is 0 Å².